The topological polar surface area (TPSA) is 53.0 Å². The first kappa shape index (κ1) is 15.7. The average molecular weight is 284 g/mol. The SMILES string of the molecule is CC(=O)N1CCC(O)C1OCC1CCCN(C(C)C)C1. The van der Waals surface area contributed by atoms with Gasteiger partial charge in [-0.1, -0.05) is 0 Å². The molecule has 3 atom stereocenters. The van der Waals surface area contributed by atoms with Crippen LogP contribution in [-0.4, -0.2) is 65.4 Å². The second kappa shape index (κ2) is 6.87. The maximum absolute atomic E-state index is 11.5. The number of likely N-dealkylation sites (tertiary alicyclic amines) is 2. The molecule has 0 aromatic rings. The first-order valence-corrected chi connectivity index (χ1v) is 7.80. The quantitative estimate of drug-likeness (QED) is 0.839. The van der Waals surface area contributed by atoms with Gasteiger partial charge in [-0.3, -0.25) is 4.79 Å². The summed E-state index contributed by atoms with van der Waals surface area (Å²) in [5.74, 6) is 0.492. The summed E-state index contributed by atoms with van der Waals surface area (Å²) in [4.78, 5) is 15.6. The van der Waals surface area contributed by atoms with Crippen molar-refractivity contribution >= 4 is 5.91 Å². The molecule has 2 rings (SSSR count). The lowest BCUT2D eigenvalue weighted by Crippen LogP contribution is -2.44. The Bertz CT molecular complexity index is 335. The summed E-state index contributed by atoms with van der Waals surface area (Å²) < 4.78 is 5.89. The molecule has 1 N–H and O–H groups in total. The Kier molecular flexibility index (Phi) is 5.41. The van der Waals surface area contributed by atoms with Gasteiger partial charge in [0.15, 0.2) is 6.23 Å². The molecule has 3 unspecified atom stereocenters. The average Bonchev–Trinajstić information content (AvgIpc) is 2.78. The Hall–Kier alpha value is -0.650. The molecule has 0 aromatic heterocycles. The summed E-state index contributed by atoms with van der Waals surface area (Å²) in [7, 11) is 0. The first-order chi connectivity index (χ1) is 9.49. The van der Waals surface area contributed by atoms with Gasteiger partial charge in [0.2, 0.25) is 5.91 Å². The minimum Gasteiger partial charge on any atom is -0.388 e. The zero-order valence-corrected chi connectivity index (χ0v) is 12.9. The number of carbonyl (C=O) groups excluding carboxylic acids is 1. The second-order valence-corrected chi connectivity index (χ2v) is 6.39. The Morgan fingerprint density at radius 1 is 1.35 bits per heavy atom. The third kappa shape index (κ3) is 3.71. The van der Waals surface area contributed by atoms with Gasteiger partial charge in [0.1, 0.15) is 6.10 Å². The molecular formula is C15H28N2O3. The van der Waals surface area contributed by atoms with Crippen LogP contribution in [0, 0.1) is 5.92 Å². The largest absolute Gasteiger partial charge is 0.388 e. The van der Waals surface area contributed by atoms with Crippen LogP contribution in [0.3, 0.4) is 0 Å². The van der Waals surface area contributed by atoms with Crippen molar-refractivity contribution in [3.63, 3.8) is 0 Å². The van der Waals surface area contributed by atoms with Crippen LogP contribution in [0.2, 0.25) is 0 Å². The molecule has 2 aliphatic rings. The highest BCUT2D eigenvalue weighted by Gasteiger charge is 2.36. The van der Waals surface area contributed by atoms with Crippen LogP contribution < -0.4 is 0 Å². The molecule has 0 aliphatic carbocycles. The van der Waals surface area contributed by atoms with Crippen LogP contribution in [-0.2, 0) is 9.53 Å². The predicted octanol–water partition coefficient (Wildman–Crippen LogP) is 1.06. The molecule has 0 saturated carbocycles. The Morgan fingerprint density at radius 3 is 2.75 bits per heavy atom. The molecule has 2 saturated heterocycles. The highest BCUT2D eigenvalue weighted by Crippen LogP contribution is 2.23. The fourth-order valence-electron chi connectivity index (χ4n) is 3.22. The summed E-state index contributed by atoms with van der Waals surface area (Å²) in [6.45, 7) is 9.44. The van der Waals surface area contributed by atoms with E-state index in [0.717, 1.165) is 6.54 Å². The van der Waals surface area contributed by atoms with E-state index in [0.29, 0.717) is 31.5 Å². The number of aliphatic hydroxyl groups excluding tert-OH is 1. The fourth-order valence-corrected chi connectivity index (χ4v) is 3.22. The fraction of sp³-hybridized carbons (Fsp3) is 0.933. The van der Waals surface area contributed by atoms with Crippen molar-refractivity contribution in [1.82, 2.24) is 9.80 Å². The molecule has 5 heteroatoms. The van der Waals surface area contributed by atoms with Gasteiger partial charge in [-0.05, 0) is 45.6 Å². The minimum absolute atomic E-state index is 0.0148. The van der Waals surface area contributed by atoms with Gasteiger partial charge in [0.05, 0.1) is 6.61 Å². The molecule has 20 heavy (non-hydrogen) atoms. The molecule has 0 radical (unpaired) electrons. The molecule has 2 aliphatic heterocycles. The van der Waals surface area contributed by atoms with E-state index in [9.17, 15) is 9.90 Å². The van der Waals surface area contributed by atoms with Crippen LogP contribution in [0.15, 0.2) is 0 Å². The van der Waals surface area contributed by atoms with E-state index in [-0.39, 0.29) is 5.91 Å². The summed E-state index contributed by atoms with van der Waals surface area (Å²) in [6, 6.07) is 0.573. The van der Waals surface area contributed by atoms with Crippen LogP contribution in [0.25, 0.3) is 0 Å². The molecule has 5 nitrogen and oxygen atoms in total. The molecule has 1 amide bonds. The summed E-state index contributed by atoms with van der Waals surface area (Å²) in [5.41, 5.74) is 0. The summed E-state index contributed by atoms with van der Waals surface area (Å²) in [5, 5.41) is 9.95. The molecule has 2 heterocycles. The van der Waals surface area contributed by atoms with Gasteiger partial charge >= 0.3 is 0 Å². The lowest BCUT2D eigenvalue weighted by molar-refractivity contribution is -0.149. The molecule has 116 valence electrons. The van der Waals surface area contributed by atoms with Crippen LogP contribution in [0.4, 0.5) is 0 Å². The summed E-state index contributed by atoms with van der Waals surface area (Å²) >= 11 is 0. The van der Waals surface area contributed by atoms with E-state index in [2.05, 4.69) is 18.7 Å². The lowest BCUT2D eigenvalue weighted by atomic mass is 9.98. The Labute approximate surface area is 121 Å². The first-order valence-electron chi connectivity index (χ1n) is 7.80. The molecule has 0 bridgehead atoms. The van der Waals surface area contributed by atoms with Crippen molar-refractivity contribution in [2.24, 2.45) is 5.92 Å². The van der Waals surface area contributed by atoms with Crippen molar-refractivity contribution in [2.45, 2.75) is 58.4 Å². The zero-order valence-electron chi connectivity index (χ0n) is 12.9. The van der Waals surface area contributed by atoms with Crippen LogP contribution in [0.1, 0.15) is 40.0 Å². The van der Waals surface area contributed by atoms with E-state index in [1.807, 2.05) is 0 Å². The maximum Gasteiger partial charge on any atom is 0.221 e. The van der Waals surface area contributed by atoms with Gasteiger partial charge in [0.25, 0.3) is 0 Å². The molecular weight excluding hydrogens is 256 g/mol. The molecule has 0 spiro atoms. The van der Waals surface area contributed by atoms with E-state index >= 15 is 0 Å². The van der Waals surface area contributed by atoms with Gasteiger partial charge in [0, 0.05) is 26.1 Å². The highest BCUT2D eigenvalue weighted by atomic mass is 16.5. The van der Waals surface area contributed by atoms with E-state index in [4.69, 9.17) is 4.74 Å². The number of ether oxygens (including phenoxy) is 1. The van der Waals surface area contributed by atoms with Gasteiger partial charge in [-0.15, -0.1) is 0 Å². The number of carbonyl (C=O) groups is 1. The maximum atomic E-state index is 11.5. The van der Waals surface area contributed by atoms with Gasteiger partial charge in [-0.25, -0.2) is 0 Å². The number of aliphatic hydroxyl groups is 1. The summed E-state index contributed by atoms with van der Waals surface area (Å²) in [6.07, 6.45) is 2.01. The number of piperidine rings is 1. The Balaban J connectivity index is 1.83. The number of nitrogens with zero attached hydrogens (tertiary/aromatic N) is 2. The third-order valence-electron chi connectivity index (χ3n) is 4.49. The minimum atomic E-state index is -0.538. The number of amides is 1. The van der Waals surface area contributed by atoms with Gasteiger partial charge < -0.3 is 19.6 Å². The van der Waals surface area contributed by atoms with Crippen molar-refractivity contribution in [3.05, 3.63) is 0 Å². The van der Waals surface area contributed by atoms with Crippen molar-refractivity contribution in [3.8, 4) is 0 Å². The highest BCUT2D eigenvalue weighted by molar-refractivity contribution is 5.73. The number of rotatable bonds is 4. The smallest absolute Gasteiger partial charge is 0.221 e. The van der Waals surface area contributed by atoms with Crippen LogP contribution in [0.5, 0.6) is 0 Å². The molecule has 2 fully saturated rings. The van der Waals surface area contributed by atoms with E-state index in [1.54, 1.807) is 4.90 Å². The van der Waals surface area contributed by atoms with Crippen molar-refractivity contribution < 1.29 is 14.6 Å². The van der Waals surface area contributed by atoms with Crippen molar-refractivity contribution in [1.29, 1.82) is 0 Å². The standard InChI is InChI=1S/C15H28N2O3/c1-11(2)16-7-4-5-13(9-16)10-20-15-14(19)6-8-17(15)12(3)18/h11,13-15,19H,4-10H2,1-3H3. The Morgan fingerprint density at radius 2 is 2.10 bits per heavy atom. The van der Waals surface area contributed by atoms with E-state index in [1.165, 1.54) is 26.3 Å². The number of hydrogen-bond acceptors (Lipinski definition) is 4. The second-order valence-electron chi connectivity index (χ2n) is 6.39. The third-order valence-corrected chi connectivity index (χ3v) is 4.49. The monoisotopic (exact) mass is 284 g/mol. The van der Waals surface area contributed by atoms with Crippen molar-refractivity contribution in [2.75, 3.05) is 26.2 Å². The lowest BCUT2D eigenvalue weighted by Gasteiger charge is -2.36. The van der Waals surface area contributed by atoms with Crippen LogP contribution >= 0.6 is 0 Å². The number of hydrogen-bond donors (Lipinski definition) is 1. The normalized spacial score (nSPS) is 32.0. The van der Waals surface area contributed by atoms with E-state index < -0.39 is 12.3 Å². The van der Waals surface area contributed by atoms with Gasteiger partial charge in [-0.2, -0.15) is 0 Å². The predicted molar refractivity (Wildman–Crippen MR) is 77.2 cm³/mol. The zero-order chi connectivity index (χ0) is 14.7. The molecule has 0 aromatic carbocycles.